The highest BCUT2D eigenvalue weighted by Crippen LogP contribution is 2.01. The summed E-state index contributed by atoms with van der Waals surface area (Å²) in [5.41, 5.74) is 1.33. The van der Waals surface area contributed by atoms with Gasteiger partial charge >= 0.3 is 0 Å². The lowest BCUT2D eigenvalue weighted by molar-refractivity contribution is 0.0955. The second-order valence-corrected chi connectivity index (χ2v) is 2.60. The van der Waals surface area contributed by atoms with Crippen LogP contribution in [0.3, 0.4) is 0 Å². The van der Waals surface area contributed by atoms with Crippen molar-refractivity contribution in [3.8, 4) is 0 Å². The van der Waals surface area contributed by atoms with Crippen molar-refractivity contribution in [3.63, 3.8) is 0 Å². The predicted octanol–water partition coefficient (Wildman–Crippen LogP) is 0.500. The maximum atomic E-state index is 11.3. The number of nitrogens with one attached hydrogen (secondary N) is 1. The molecule has 3 nitrogen and oxygen atoms in total. The number of nitrogens with zero attached hydrogens (tertiary/aromatic N) is 1. The first-order valence-corrected chi connectivity index (χ1v) is 4.21. The van der Waals surface area contributed by atoms with Gasteiger partial charge in [-0.25, -0.2) is 0 Å². The second-order valence-electron chi connectivity index (χ2n) is 2.60. The van der Waals surface area contributed by atoms with E-state index in [2.05, 4.69) is 10.3 Å². The largest absolute Gasteiger partial charge is 0.352 e. The van der Waals surface area contributed by atoms with E-state index in [1.807, 2.05) is 6.92 Å². The summed E-state index contributed by atoms with van der Waals surface area (Å²) in [6.45, 7) is 2.50. The van der Waals surface area contributed by atoms with E-state index in [1.165, 1.54) is 0 Å². The Kier molecular flexibility index (Phi) is 3.49. The number of rotatable bonds is 3. The van der Waals surface area contributed by atoms with E-state index in [9.17, 15) is 4.79 Å². The Morgan fingerprint density at radius 3 is 3.08 bits per heavy atom. The Labute approximate surface area is 79.0 Å². The van der Waals surface area contributed by atoms with Crippen LogP contribution in [-0.2, 0) is 6.32 Å². The Bertz CT molecular complexity index is 301. The molecular formula is C9H11BN2O. The van der Waals surface area contributed by atoms with E-state index in [-0.39, 0.29) is 5.91 Å². The summed E-state index contributed by atoms with van der Waals surface area (Å²) in [5.74, 6) is -0.0837. The summed E-state index contributed by atoms with van der Waals surface area (Å²) in [6.07, 6.45) is 1.94. The van der Waals surface area contributed by atoms with Crippen molar-refractivity contribution in [2.24, 2.45) is 0 Å². The third-order valence-electron chi connectivity index (χ3n) is 1.63. The number of hydrogen-bond acceptors (Lipinski definition) is 2. The van der Waals surface area contributed by atoms with Gasteiger partial charge in [-0.05, 0) is 25.4 Å². The van der Waals surface area contributed by atoms with Crippen molar-refractivity contribution in [2.75, 3.05) is 6.54 Å². The van der Waals surface area contributed by atoms with Crippen LogP contribution in [0, 0.1) is 0 Å². The molecular weight excluding hydrogens is 163 g/mol. The number of hydrogen-bond donors (Lipinski definition) is 1. The second kappa shape index (κ2) is 4.65. The summed E-state index contributed by atoms with van der Waals surface area (Å²) in [7, 11) is 5.40. The molecule has 1 aromatic rings. The first-order chi connectivity index (χ1) is 6.27. The lowest BCUT2D eigenvalue weighted by Gasteiger charge is -2.02. The summed E-state index contributed by atoms with van der Waals surface area (Å²) in [6, 6.07) is 3.37. The number of carbonyl (C=O) groups is 1. The molecule has 0 bridgehead atoms. The highest BCUT2D eigenvalue weighted by atomic mass is 16.1. The van der Waals surface area contributed by atoms with Crippen molar-refractivity contribution in [3.05, 3.63) is 29.6 Å². The molecule has 1 aromatic heterocycles. The highest BCUT2D eigenvalue weighted by molar-refractivity contribution is 6.08. The topological polar surface area (TPSA) is 42.0 Å². The average Bonchev–Trinajstić information content (AvgIpc) is 2.18. The van der Waals surface area contributed by atoms with Crippen LogP contribution in [0.4, 0.5) is 0 Å². The molecule has 0 aliphatic heterocycles. The zero-order valence-electron chi connectivity index (χ0n) is 7.58. The molecule has 0 fully saturated rings. The molecule has 0 saturated heterocycles. The standard InChI is InChI=1S/C9H11BN2O/c1-2-11-9(13)7-3-4-12-8(5-7)6-10/h3-5H,2,6H2,1H3,(H,11,13). The smallest absolute Gasteiger partial charge is 0.251 e. The fourth-order valence-electron chi connectivity index (χ4n) is 0.994. The van der Waals surface area contributed by atoms with Crippen molar-refractivity contribution in [2.45, 2.75) is 13.2 Å². The van der Waals surface area contributed by atoms with Gasteiger partial charge < -0.3 is 5.32 Å². The first-order valence-electron chi connectivity index (χ1n) is 4.21. The third kappa shape index (κ3) is 2.58. The quantitative estimate of drug-likeness (QED) is 0.678. The van der Waals surface area contributed by atoms with Gasteiger partial charge in [0.1, 0.15) is 0 Å². The molecule has 1 rings (SSSR count). The van der Waals surface area contributed by atoms with Gasteiger partial charge in [0.15, 0.2) is 0 Å². The predicted molar refractivity (Wildman–Crippen MR) is 51.7 cm³/mol. The number of pyridine rings is 1. The van der Waals surface area contributed by atoms with Gasteiger partial charge in [0.05, 0.1) is 7.85 Å². The van der Waals surface area contributed by atoms with E-state index in [0.717, 1.165) is 5.69 Å². The van der Waals surface area contributed by atoms with Crippen LogP contribution in [0.15, 0.2) is 18.3 Å². The molecule has 0 unspecified atom stereocenters. The normalized spacial score (nSPS) is 9.62. The van der Waals surface area contributed by atoms with Gasteiger partial charge in [-0.1, -0.05) is 0 Å². The fourth-order valence-corrected chi connectivity index (χ4v) is 0.994. The Morgan fingerprint density at radius 2 is 2.46 bits per heavy atom. The minimum Gasteiger partial charge on any atom is -0.352 e. The monoisotopic (exact) mass is 174 g/mol. The summed E-state index contributed by atoms with van der Waals surface area (Å²) in [5, 5.41) is 2.71. The minimum absolute atomic E-state index is 0.0837. The first kappa shape index (κ1) is 9.77. The van der Waals surface area contributed by atoms with Gasteiger partial charge in [0.2, 0.25) is 0 Å². The van der Waals surface area contributed by atoms with E-state index in [1.54, 1.807) is 18.3 Å². The molecule has 0 spiro atoms. The van der Waals surface area contributed by atoms with E-state index >= 15 is 0 Å². The SMILES string of the molecule is [B]Cc1cc(C(=O)NCC)ccn1. The molecule has 0 aromatic carbocycles. The van der Waals surface area contributed by atoms with Gasteiger partial charge in [-0.3, -0.25) is 9.78 Å². The van der Waals surface area contributed by atoms with Gasteiger partial charge in [-0.15, -0.1) is 0 Å². The maximum Gasteiger partial charge on any atom is 0.251 e. The molecule has 0 saturated carbocycles. The fraction of sp³-hybridized carbons (Fsp3) is 0.333. The summed E-state index contributed by atoms with van der Waals surface area (Å²) in [4.78, 5) is 15.3. The van der Waals surface area contributed by atoms with Gasteiger partial charge in [0.25, 0.3) is 5.91 Å². The molecule has 0 aliphatic rings. The lowest BCUT2D eigenvalue weighted by Crippen LogP contribution is -2.22. The van der Waals surface area contributed by atoms with Crippen molar-refractivity contribution in [1.29, 1.82) is 0 Å². The summed E-state index contributed by atoms with van der Waals surface area (Å²) < 4.78 is 0. The van der Waals surface area contributed by atoms with Gasteiger partial charge in [-0.2, -0.15) is 0 Å². The summed E-state index contributed by atoms with van der Waals surface area (Å²) >= 11 is 0. The maximum absolute atomic E-state index is 11.3. The third-order valence-corrected chi connectivity index (χ3v) is 1.63. The van der Waals surface area contributed by atoms with Crippen molar-refractivity contribution >= 4 is 13.8 Å². The number of carbonyl (C=O) groups excluding carboxylic acids is 1. The zero-order chi connectivity index (χ0) is 9.68. The molecule has 4 heteroatoms. The van der Waals surface area contributed by atoms with Crippen LogP contribution in [0.5, 0.6) is 0 Å². The van der Waals surface area contributed by atoms with Crippen molar-refractivity contribution in [1.82, 2.24) is 10.3 Å². The Morgan fingerprint density at radius 1 is 1.69 bits per heavy atom. The molecule has 1 amide bonds. The zero-order valence-corrected chi connectivity index (χ0v) is 7.58. The minimum atomic E-state index is -0.0837. The van der Waals surface area contributed by atoms with Crippen LogP contribution < -0.4 is 5.32 Å². The molecule has 0 atom stereocenters. The van der Waals surface area contributed by atoms with Crippen LogP contribution >= 0.6 is 0 Å². The van der Waals surface area contributed by atoms with E-state index < -0.39 is 0 Å². The van der Waals surface area contributed by atoms with Crippen molar-refractivity contribution < 1.29 is 4.79 Å². The lowest BCUT2D eigenvalue weighted by atomic mass is 10.0. The molecule has 13 heavy (non-hydrogen) atoms. The van der Waals surface area contributed by atoms with Crippen LogP contribution in [-0.4, -0.2) is 25.3 Å². The number of amides is 1. The molecule has 0 aliphatic carbocycles. The molecule has 1 N–H and O–H groups in total. The van der Waals surface area contributed by atoms with E-state index in [4.69, 9.17) is 7.85 Å². The molecule has 66 valence electrons. The molecule has 1 heterocycles. The molecule has 2 radical (unpaired) electrons. The van der Waals surface area contributed by atoms with Crippen LogP contribution in [0.1, 0.15) is 23.0 Å². The van der Waals surface area contributed by atoms with E-state index in [0.29, 0.717) is 18.4 Å². The van der Waals surface area contributed by atoms with Gasteiger partial charge in [0, 0.05) is 24.0 Å². The van der Waals surface area contributed by atoms with Crippen LogP contribution in [0.25, 0.3) is 0 Å². The van der Waals surface area contributed by atoms with Crippen LogP contribution in [0.2, 0.25) is 0 Å². The average molecular weight is 174 g/mol. The highest BCUT2D eigenvalue weighted by Gasteiger charge is 2.03. The Hall–Kier alpha value is -1.32. The number of aromatic nitrogens is 1. The Balaban J connectivity index is 2.82.